The molecule has 0 aromatic heterocycles. The molecule has 1 heterocycles. The molecule has 0 bridgehead atoms. The van der Waals surface area contributed by atoms with Crippen molar-refractivity contribution in [1.82, 2.24) is 9.80 Å². The van der Waals surface area contributed by atoms with Crippen LogP contribution in [0.2, 0.25) is 0 Å². The lowest BCUT2D eigenvalue weighted by molar-refractivity contribution is -0.143. The largest absolute Gasteiger partial charge is 0.334 e. The molecule has 1 aromatic rings. The number of unbranched alkanes of at least 4 members (excludes halogenated alkanes) is 1. The molecule has 0 aliphatic carbocycles. The fourth-order valence-corrected chi connectivity index (χ4v) is 2.85. The van der Waals surface area contributed by atoms with Crippen molar-refractivity contribution in [3.05, 3.63) is 28.2 Å². The minimum absolute atomic E-state index is 0.182. The van der Waals surface area contributed by atoms with Crippen LogP contribution in [0, 0.1) is 6.92 Å². The molecule has 24 heavy (non-hydrogen) atoms. The van der Waals surface area contributed by atoms with Crippen molar-refractivity contribution >= 4 is 45.4 Å². The number of nitrogens with zero attached hydrogens (tertiary/aromatic N) is 2. The number of hydrogen-bond donors (Lipinski definition) is 1. The van der Waals surface area contributed by atoms with Crippen LogP contribution in [0.5, 0.6) is 0 Å². The lowest BCUT2D eigenvalue weighted by Crippen LogP contribution is -2.39. The average Bonchev–Trinajstić information content (AvgIpc) is 2.72. The zero-order valence-corrected chi connectivity index (χ0v) is 15.1. The van der Waals surface area contributed by atoms with Gasteiger partial charge in [-0.05, 0) is 47.0 Å². The smallest absolute Gasteiger partial charge is 0.323 e. The maximum Gasteiger partial charge on any atom is 0.334 e. The molecule has 5 amide bonds. The van der Waals surface area contributed by atoms with E-state index >= 15 is 0 Å². The summed E-state index contributed by atoms with van der Waals surface area (Å²) in [5, 5.41) is 2.62. The van der Waals surface area contributed by atoms with Crippen LogP contribution in [0.4, 0.5) is 10.5 Å². The van der Waals surface area contributed by atoms with E-state index in [9.17, 15) is 19.2 Å². The lowest BCUT2D eigenvalue weighted by Gasteiger charge is -2.15. The number of nitrogens with one attached hydrogen (secondary N) is 1. The molecular weight excluding hydrogens is 378 g/mol. The van der Waals surface area contributed by atoms with Crippen molar-refractivity contribution < 1.29 is 19.2 Å². The topological polar surface area (TPSA) is 86.8 Å². The van der Waals surface area contributed by atoms with Gasteiger partial charge in [0.15, 0.2) is 0 Å². The predicted molar refractivity (Wildman–Crippen MR) is 91.2 cm³/mol. The molecule has 0 unspecified atom stereocenters. The Morgan fingerprint density at radius 2 is 1.83 bits per heavy atom. The molecule has 1 aliphatic rings. The Kier molecular flexibility index (Phi) is 5.71. The molecule has 1 aliphatic heterocycles. The molecule has 0 radical (unpaired) electrons. The van der Waals surface area contributed by atoms with Gasteiger partial charge in [-0.1, -0.05) is 19.4 Å². The Morgan fingerprint density at radius 3 is 2.46 bits per heavy atom. The van der Waals surface area contributed by atoms with Crippen molar-refractivity contribution in [3.8, 4) is 0 Å². The van der Waals surface area contributed by atoms with Crippen molar-refractivity contribution in [1.29, 1.82) is 0 Å². The quantitative estimate of drug-likeness (QED) is 0.591. The number of urea groups is 1. The summed E-state index contributed by atoms with van der Waals surface area (Å²) < 4.78 is 0.690. The van der Waals surface area contributed by atoms with Crippen LogP contribution >= 0.6 is 15.9 Å². The third-order valence-electron chi connectivity index (χ3n) is 3.57. The van der Waals surface area contributed by atoms with Crippen LogP contribution in [-0.2, 0) is 14.4 Å². The van der Waals surface area contributed by atoms with Gasteiger partial charge in [0.1, 0.15) is 6.54 Å². The maximum atomic E-state index is 12.2. The molecule has 1 N–H and O–H groups in total. The average molecular weight is 396 g/mol. The van der Waals surface area contributed by atoms with Crippen LogP contribution in [0.3, 0.4) is 0 Å². The minimum atomic E-state index is -0.964. The van der Waals surface area contributed by atoms with Gasteiger partial charge in [-0.2, -0.15) is 0 Å². The Hall–Kier alpha value is -2.22. The molecule has 8 heteroatoms. The fraction of sp³-hybridized carbons (Fsp3) is 0.375. The van der Waals surface area contributed by atoms with E-state index in [1.807, 2.05) is 26.0 Å². The first-order valence-electron chi connectivity index (χ1n) is 7.58. The second-order valence-electron chi connectivity index (χ2n) is 5.52. The number of rotatable bonds is 6. The van der Waals surface area contributed by atoms with E-state index in [1.165, 1.54) is 0 Å². The first-order chi connectivity index (χ1) is 11.3. The highest BCUT2D eigenvalue weighted by Crippen LogP contribution is 2.23. The summed E-state index contributed by atoms with van der Waals surface area (Å²) in [7, 11) is 0. The molecule has 1 aromatic carbocycles. The molecule has 0 spiro atoms. The van der Waals surface area contributed by atoms with Gasteiger partial charge in [-0.25, -0.2) is 9.69 Å². The third-order valence-corrected chi connectivity index (χ3v) is 4.23. The zero-order valence-electron chi connectivity index (χ0n) is 13.5. The highest BCUT2D eigenvalue weighted by atomic mass is 79.9. The van der Waals surface area contributed by atoms with E-state index < -0.39 is 30.3 Å². The van der Waals surface area contributed by atoms with Gasteiger partial charge in [-0.15, -0.1) is 0 Å². The third kappa shape index (κ3) is 3.81. The molecule has 128 valence electrons. The highest BCUT2D eigenvalue weighted by Gasteiger charge is 2.44. The SMILES string of the molecule is CCCCN1C(=O)C(=O)N(CC(=O)Nc2ccc(C)cc2Br)C1=O. The number of carbonyl (C=O) groups is 4. The number of aryl methyl sites for hydroxylation is 1. The van der Waals surface area contributed by atoms with E-state index in [4.69, 9.17) is 0 Å². The highest BCUT2D eigenvalue weighted by molar-refractivity contribution is 9.10. The van der Waals surface area contributed by atoms with Gasteiger partial charge in [0.05, 0.1) is 5.69 Å². The van der Waals surface area contributed by atoms with Crippen molar-refractivity contribution in [3.63, 3.8) is 0 Å². The van der Waals surface area contributed by atoms with E-state index in [-0.39, 0.29) is 6.54 Å². The molecule has 0 atom stereocenters. The number of imide groups is 2. The Bertz CT molecular complexity index is 705. The van der Waals surface area contributed by atoms with E-state index in [0.717, 1.165) is 16.9 Å². The normalized spacial score (nSPS) is 14.5. The van der Waals surface area contributed by atoms with Gasteiger partial charge in [0.25, 0.3) is 0 Å². The number of halogens is 1. The minimum Gasteiger partial charge on any atom is -0.323 e. The van der Waals surface area contributed by atoms with Crippen LogP contribution in [0.15, 0.2) is 22.7 Å². The summed E-state index contributed by atoms with van der Waals surface area (Å²) in [5.41, 5.74) is 1.54. The summed E-state index contributed by atoms with van der Waals surface area (Å²) >= 11 is 3.34. The first kappa shape index (κ1) is 18.1. The van der Waals surface area contributed by atoms with Gasteiger partial charge < -0.3 is 5.32 Å². The van der Waals surface area contributed by atoms with Crippen molar-refractivity contribution in [2.24, 2.45) is 0 Å². The van der Waals surface area contributed by atoms with Gasteiger partial charge in [-0.3, -0.25) is 19.3 Å². The number of anilines is 1. The Morgan fingerprint density at radius 1 is 1.17 bits per heavy atom. The monoisotopic (exact) mass is 395 g/mol. The summed E-state index contributed by atoms with van der Waals surface area (Å²) in [5.74, 6) is -2.39. The van der Waals surface area contributed by atoms with Crippen molar-refractivity contribution in [2.45, 2.75) is 26.7 Å². The summed E-state index contributed by atoms with van der Waals surface area (Å²) in [6, 6.07) is 4.63. The van der Waals surface area contributed by atoms with E-state index in [2.05, 4.69) is 21.2 Å². The Labute approximate surface area is 148 Å². The first-order valence-corrected chi connectivity index (χ1v) is 8.37. The van der Waals surface area contributed by atoms with Gasteiger partial charge in [0.2, 0.25) is 5.91 Å². The summed E-state index contributed by atoms with van der Waals surface area (Å²) in [6.45, 7) is 3.51. The molecule has 1 fully saturated rings. The number of amides is 5. The summed E-state index contributed by atoms with van der Waals surface area (Å²) in [6.07, 6.45) is 1.40. The molecular formula is C16H18BrN3O4. The van der Waals surface area contributed by atoms with Crippen molar-refractivity contribution in [2.75, 3.05) is 18.4 Å². The number of benzene rings is 1. The predicted octanol–water partition coefficient (Wildman–Crippen LogP) is 2.29. The molecule has 0 saturated carbocycles. The van der Waals surface area contributed by atoms with Crippen LogP contribution in [-0.4, -0.2) is 46.6 Å². The summed E-state index contributed by atoms with van der Waals surface area (Å²) in [4.78, 5) is 49.6. The Balaban J connectivity index is 2.04. The second kappa shape index (κ2) is 7.57. The van der Waals surface area contributed by atoms with Crippen LogP contribution < -0.4 is 5.32 Å². The maximum absolute atomic E-state index is 12.2. The molecule has 7 nitrogen and oxygen atoms in total. The zero-order chi connectivity index (χ0) is 17.9. The lowest BCUT2D eigenvalue weighted by atomic mass is 10.2. The van der Waals surface area contributed by atoms with Gasteiger partial charge in [0, 0.05) is 11.0 Å². The standard InChI is InChI=1S/C16H18BrN3O4/c1-3-4-7-19-14(22)15(23)20(16(19)24)9-13(21)18-12-6-5-10(2)8-11(12)17/h5-6,8H,3-4,7,9H2,1-2H3,(H,18,21). The van der Waals surface area contributed by atoms with E-state index in [0.29, 0.717) is 21.5 Å². The van der Waals surface area contributed by atoms with Gasteiger partial charge >= 0.3 is 17.8 Å². The number of carbonyl (C=O) groups excluding carboxylic acids is 4. The molecule has 2 rings (SSSR count). The second-order valence-corrected chi connectivity index (χ2v) is 6.37. The van der Waals surface area contributed by atoms with Crippen LogP contribution in [0.1, 0.15) is 25.3 Å². The van der Waals surface area contributed by atoms with E-state index in [1.54, 1.807) is 6.07 Å². The molecule has 1 saturated heterocycles. The fourth-order valence-electron chi connectivity index (χ4n) is 2.26. The number of hydrogen-bond acceptors (Lipinski definition) is 4. The van der Waals surface area contributed by atoms with Crippen LogP contribution in [0.25, 0.3) is 0 Å².